The summed E-state index contributed by atoms with van der Waals surface area (Å²) in [4.78, 5) is 43.3. The van der Waals surface area contributed by atoms with E-state index >= 15 is 0 Å². The number of nitrogens with zero attached hydrogens (tertiary/aromatic N) is 3. The highest BCUT2D eigenvalue weighted by Gasteiger charge is 2.36. The van der Waals surface area contributed by atoms with Crippen LogP contribution < -0.4 is 19.6 Å². The molecule has 12 heteroatoms. The number of ether oxygens (including phenoxy) is 2. The van der Waals surface area contributed by atoms with Crippen LogP contribution >= 0.6 is 27.3 Å². The third-order valence-electron chi connectivity index (χ3n) is 7.27. The van der Waals surface area contributed by atoms with Crippen LogP contribution in [0.25, 0.3) is 28.2 Å². The smallest absolute Gasteiger partial charge is 0.338 e. The van der Waals surface area contributed by atoms with Crippen molar-refractivity contribution in [3.8, 4) is 17.1 Å². The number of non-ortho nitro benzene ring substituents is 1. The topological polar surface area (TPSA) is 126 Å². The molecule has 10 nitrogen and oxygen atoms in total. The molecule has 0 saturated heterocycles. The predicted octanol–water partition coefficient (Wildman–Crippen LogP) is 5.89. The molecule has 6 rings (SSSR count). The van der Waals surface area contributed by atoms with Crippen molar-refractivity contribution >= 4 is 55.8 Å². The summed E-state index contributed by atoms with van der Waals surface area (Å²) in [5.41, 5.74) is 1.55. The second-order valence-electron chi connectivity index (χ2n) is 9.83. The molecule has 0 aliphatic carbocycles. The largest absolute Gasteiger partial charge is 0.496 e. The van der Waals surface area contributed by atoms with Gasteiger partial charge in [-0.1, -0.05) is 41.7 Å². The number of allylic oxidation sites excluding steroid dienone is 1. The van der Waals surface area contributed by atoms with E-state index in [2.05, 4.69) is 20.9 Å². The van der Waals surface area contributed by atoms with Crippen LogP contribution in [0.3, 0.4) is 0 Å². The maximum absolute atomic E-state index is 14.2. The molecule has 2 aromatic heterocycles. The minimum absolute atomic E-state index is 0.0524. The fourth-order valence-corrected chi connectivity index (χ4v) is 6.91. The Hall–Kier alpha value is -4.81. The van der Waals surface area contributed by atoms with Gasteiger partial charge in [0.25, 0.3) is 11.2 Å². The van der Waals surface area contributed by atoms with Gasteiger partial charge in [-0.15, -0.1) is 0 Å². The van der Waals surface area contributed by atoms with E-state index in [1.54, 1.807) is 45.2 Å². The summed E-state index contributed by atoms with van der Waals surface area (Å²) in [7, 11) is 1.55. The normalized spacial score (nSPS) is 14.8. The van der Waals surface area contributed by atoms with Crippen LogP contribution in [-0.4, -0.2) is 29.2 Å². The zero-order chi connectivity index (χ0) is 31.1. The summed E-state index contributed by atoms with van der Waals surface area (Å²) in [6.07, 6.45) is 1.62. The number of hydrogen-bond acceptors (Lipinski definition) is 9. The molecule has 1 aliphatic rings. The van der Waals surface area contributed by atoms with Crippen molar-refractivity contribution in [3.05, 3.63) is 124 Å². The Morgan fingerprint density at radius 3 is 2.70 bits per heavy atom. The second kappa shape index (κ2) is 11.7. The highest BCUT2D eigenvalue weighted by atomic mass is 79.9. The average molecular weight is 675 g/mol. The lowest BCUT2D eigenvalue weighted by Crippen LogP contribution is -2.40. The van der Waals surface area contributed by atoms with Crippen LogP contribution in [0.1, 0.15) is 31.2 Å². The van der Waals surface area contributed by atoms with E-state index in [0.29, 0.717) is 47.9 Å². The number of carbonyl (C=O) groups is 1. The Morgan fingerprint density at radius 2 is 1.98 bits per heavy atom. The van der Waals surface area contributed by atoms with Gasteiger partial charge in [0.1, 0.15) is 23.3 Å². The summed E-state index contributed by atoms with van der Waals surface area (Å²) in [6, 6.07) is 18.4. The van der Waals surface area contributed by atoms with Crippen LogP contribution in [0, 0.1) is 10.1 Å². The van der Waals surface area contributed by atoms with Gasteiger partial charge in [0.2, 0.25) is 0 Å². The van der Waals surface area contributed by atoms with Crippen LogP contribution in [-0.2, 0) is 9.53 Å². The van der Waals surface area contributed by atoms with E-state index < -0.39 is 16.9 Å². The number of halogens is 1. The molecule has 0 fully saturated rings. The average Bonchev–Trinajstić information content (AvgIpc) is 3.59. The van der Waals surface area contributed by atoms with Gasteiger partial charge in [-0.2, -0.15) is 0 Å². The molecular formula is C32H24BrN3O7S. The quantitative estimate of drug-likeness (QED) is 0.120. The van der Waals surface area contributed by atoms with E-state index in [4.69, 9.17) is 13.9 Å². The molecule has 3 aromatic carbocycles. The molecule has 44 heavy (non-hydrogen) atoms. The van der Waals surface area contributed by atoms with Crippen molar-refractivity contribution in [1.29, 1.82) is 0 Å². The molecule has 222 valence electrons. The molecule has 0 N–H and O–H groups in total. The number of nitro groups is 1. The first-order valence-electron chi connectivity index (χ1n) is 13.5. The van der Waals surface area contributed by atoms with Gasteiger partial charge >= 0.3 is 5.97 Å². The summed E-state index contributed by atoms with van der Waals surface area (Å²) in [6.45, 7) is 3.61. The highest BCUT2D eigenvalue weighted by molar-refractivity contribution is 9.10. The minimum atomic E-state index is -0.864. The van der Waals surface area contributed by atoms with Gasteiger partial charge in [-0.25, -0.2) is 9.79 Å². The van der Waals surface area contributed by atoms with Crippen molar-refractivity contribution in [2.45, 2.75) is 19.9 Å². The van der Waals surface area contributed by atoms with E-state index in [1.807, 2.05) is 36.4 Å². The number of esters is 1. The summed E-state index contributed by atoms with van der Waals surface area (Å²) in [5.74, 6) is 0.817. The second-order valence-corrected chi connectivity index (χ2v) is 11.7. The van der Waals surface area contributed by atoms with Gasteiger partial charge in [0.15, 0.2) is 4.80 Å². The minimum Gasteiger partial charge on any atom is -0.496 e. The van der Waals surface area contributed by atoms with Gasteiger partial charge in [-0.3, -0.25) is 19.5 Å². The first-order valence-corrected chi connectivity index (χ1v) is 15.1. The van der Waals surface area contributed by atoms with Gasteiger partial charge in [0, 0.05) is 33.8 Å². The molecule has 0 bridgehead atoms. The first kappa shape index (κ1) is 29.3. The van der Waals surface area contributed by atoms with Crippen molar-refractivity contribution in [2.24, 2.45) is 4.99 Å². The van der Waals surface area contributed by atoms with E-state index in [-0.39, 0.29) is 23.4 Å². The van der Waals surface area contributed by atoms with Crippen molar-refractivity contribution in [3.63, 3.8) is 0 Å². The Labute approximate surface area is 262 Å². The van der Waals surface area contributed by atoms with Gasteiger partial charge in [-0.05, 0) is 64.8 Å². The number of furan rings is 1. The number of benzene rings is 3. The van der Waals surface area contributed by atoms with Gasteiger partial charge in [0.05, 0.1) is 34.4 Å². The number of carbonyl (C=O) groups excluding carboxylic acids is 1. The Balaban J connectivity index is 1.53. The number of methoxy groups -OCH3 is 1. The standard InChI is InChI=1S/C32H24BrN3O7S/c1-4-42-31(38)27-17(2)34-32-35(29(27)28-21-8-6-5-7-18(21)9-13-25(28)41-3)30(37)26(44-32)16-20-11-14-24(43-20)22-12-10-19(36(39)40)15-23(22)33/h5-16,29H,4H2,1-3H3/b26-16+/t29-/m1/s1. The van der Waals surface area contributed by atoms with Crippen LogP contribution in [0.5, 0.6) is 5.75 Å². The highest BCUT2D eigenvalue weighted by Crippen LogP contribution is 2.40. The maximum atomic E-state index is 14.2. The SMILES string of the molecule is CCOC(=O)C1=C(C)N=c2s/c(=C/c3ccc(-c4ccc([N+](=O)[O-])cc4Br)o3)c(=O)n2[C@H]1c1c(OC)ccc2ccccc12. The third kappa shape index (κ3) is 5.05. The Morgan fingerprint density at radius 1 is 1.18 bits per heavy atom. The summed E-state index contributed by atoms with van der Waals surface area (Å²) < 4.78 is 19.6. The molecular weight excluding hydrogens is 650 g/mol. The Bertz CT molecular complexity index is 2200. The molecule has 0 unspecified atom stereocenters. The van der Waals surface area contributed by atoms with E-state index in [0.717, 1.165) is 10.8 Å². The van der Waals surface area contributed by atoms with Crippen LogP contribution in [0.4, 0.5) is 5.69 Å². The zero-order valence-corrected chi connectivity index (χ0v) is 26.1. The molecule has 0 spiro atoms. The molecule has 1 atom stereocenters. The number of thiazole rings is 1. The third-order valence-corrected chi connectivity index (χ3v) is 8.91. The van der Waals surface area contributed by atoms with Gasteiger partial charge < -0.3 is 13.9 Å². The number of hydrogen-bond donors (Lipinski definition) is 0. The molecule has 0 saturated carbocycles. The molecule has 0 radical (unpaired) electrons. The fourth-order valence-electron chi connectivity index (χ4n) is 5.32. The first-order chi connectivity index (χ1) is 21.2. The zero-order valence-electron chi connectivity index (χ0n) is 23.7. The number of aromatic nitrogens is 1. The monoisotopic (exact) mass is 673 g/mol. The number of nitro benzene ring substituents is 1. The molecule has 3 heterocycles. The van der Waals surface area contributed by atoms with Crippen LogP contribution in [0.2, 0.25) is 0 Å². The fraction of sp³-hybridized carbons (Fsp3) is 0.156. The van der Waals surface area contributed by atoms with Crippen molar-refractivity contribution < 1.29 is 23.6 Å². The lowest BCUT2D eigenvalue weighted by atomic mass is 9.90. The summed E-state index contributed by atoms with van der Waals surface area (Å²) >= 11 is 4.55. The predicted molar refractivity (Wildman–Crippen MR) is 169 cm³/mol. The maximum Gasteiger partial charge on any atom is 0.338 e. The summed E-state index contributed by atoms with van der Waals surface area (Å²) in [5, 5.41) is 12.9. The number of fused-ring (bicyclic) bond motifs is 2. The molecule has 5 aromatic rings. The molecule has 0 amide bonds. The number of rotatable bonds is 7. The Kier molecular flexibility index (Phi) is 7.78. The lowest BCUT2D eigenvalue weighted by molar-refractivity contribution is -0.384. The van der Waals surface area contributed by atoms with E-state index in [9.17, 15) is 19.7 Å². The van der Waals surface area contributed by atoms with Crippen molar-refractivity contribution in [1.82, 2.24) is 4.57 Å². The molecule has 1 aliphatic heterocycles. The van der Waals surface area contributed by atoms with Crippen molar-refractivity contribution in [2.75, 3.05) is 13.7 Å². The lowest BCUT2D eigenvalue weighted by Gasteiger charge is -2.27. The van der Waals surface area contributed by atoms with Crippen LogP contribution in [0.15, 0.2) is 96.7 Å². The van der Waals surface area contributed by atoms with E-state index in [1.165, 1.54) is 28.0 Å².